The largest absolute Gasteiger partial charge is 0.382 e. The van der Waals surface area contributed by atoms with Gasteiger partial charge in [-0.05, 0) is 24.0 Å². The van der Waals surface area contributed by atoms with Crippen LogP contribution in [0.2, 0.25) is 0 Å². The molecule has 102 valence electrons. The number of carbonyl (C=O) groups excluding carboxylic acids is 1. The quantitative estimate of drug-likeness (QED) is 0.857. The molecular weight excluding hydrogens is 252 g/mol. The second-order valence-electron chi connectivity index (χ2n) is 5.18. The Bertz CT molecular complexity index is 656. The van der Waals surface area contributed by atoms with E-state index in [9.17, 15) is 4.79 Å². The first-order valence-corrected chi connectivity index (χ1v) is 6.62. The van der Waals surface area contributed by atoms with Gasteiger partial charge in [0.15, 0.2) is 0 Å². The molecular formula is C15H16N4O. The molecule has 0 aliphatic carbocycles. The fourth-order valence-electron chi connectivity index (χ4n) is 2.61. The van der Waals surface area contributed by atoms with Crippen LogP contribution in [0.4, 0.5) is 11.5 Å². The predicted molar refractivity (Wildman–Crippen MR) is 77.4 cm³/mol. The first kappa shape index (κ1) is 12.6. The van der Waals surface area contributed by atoms with Crippen LogP contribution in [0.1, 0.15) is 23.0 Å². The van der Waals surface area contributed by atoms with Crippen LogP contribution < -0.4 is 10.6 Å². The molecule has 5 heteroatoms. The topological polar surface area (TPSA) is 72.1 Å². The monoisotopic (exact) mass is 268 g/mol. The highest BCUT2D eigenvalue weighted by Crippen LogP contribution is 2.30. The summed E-state index contributed by atoms with van der Waals surface area (Å²) in [4.78, 5) is 22.4. The van der Waals surface area contributed by atoms with Gasteiger partial charge in [0.1, 0.15) is 11.5 Å². The molecule has 1 aliphatic heterocycles. The van der Waals surface area contributed by atoms with Crippen molar-refractivity contribution in [3.8, 4) is 0 Å². The van der Waals surface area contributed by atoms with E-state index in [4.69, 9.17) is 5.73 Å². The smallest absolute Gasteiger partial charge is 0.278 e. The van der Waals surface area contributed by atoms with Crippen LogP contribution in [0.25, 0.3) is 0 Å². The molecule has 1 aromatic heterocycles. The first-order valence-electron chi connectivity index (χ1n) is 6.62. The standard InChI is InChI=1S/C15H16N4O/c1-10-6-11-4-2-3-5-13(11)19(9-10)15(20)12-7-17-8-14(16)18-12/h2-5,7-8,10H,6,9H2,1H3,(H2,16,18). The van der Waals surface area contributed by atoms with Crippen LogP contribution in [-0.2, 0) is 6.42 Å². The molecule has 2 heterocycles. The molecule has 1 aromatic carbocycles. The number of nitrogens with zero attached hydrogens (tertiary/aromatic N) is 3. The van der Waals surface area contributed by atoms with E-state index in [1.54, 1.807) is 4.90 Å². The van der Waals surface area contributed by atoms with Gasteiger partial charge in [0.25, 0.3) is 5.91 Å². The van der Waals surface area contributed by atoms with Gasteiger partial charge in [0.05, 0.1) is 12.4 Å². The van der Waals surface area contributed by atoms with E-state index in [1.807, 2.05) is 18.2 Å². The van der Waals surface area contributed by atoms with Gasteiger partial charge >= 0.3 is 0 Å². The summed E-state index contributed by atoms with van der Waals surface area (Å²) in [7, 11) is 0. The summed E-state index contributed by atoms with van der Waals surface area (Å²) >= 11 is 0. The van der Waals surface area contributed by atoms with Crippen molar-refractivity contribution >= 4 is 17.4 Å². The summed E-state index contributed by atoms with van der Waals surface area (Å²) in [6, 6.07) is 7.98. The van der Waals surface area contributed by atoms with Crippen molar-refractivity contribution in [1.82, 2.24) is 9.97 Å². The molecule has 20 heavy (non-hydrogen) atoms. The summed E-state index contributed by atoms with van der Waals surface area (Å²) in [5.74, 6) is 0.529. The summed E-state index contributed by atoms with van der Waals surface area (Å²) in [5, 5.41) is 0. The highest BCUT2D eigenvalue weighted by atomic mass is 16.2. The molecule has 5 nitrogen and oxygen atoms in total. The van der Waals surface area contributed by atoms with Crippen molar-refractivity contribution in [3.05, 3.63) is 47.9 Å². The minimum Gasteiger partial charge on any atom is -0.382 e. The van der Waals surface area contributed by atoms with Crippen LogP contribution in [0, 0.1) is 5.92 Å². The van der Waals surface area contributed by atoms with E-state index in [-0.39, 0.29) is 17.4 Å². The van der Waals surface area contributed by atoms with Crippen molar-refractivity contribution in [2.75, 3.05) is 17.2 Å². The molecule has 1 aliphatic rings. The number of aromatic nitrogens is 2. The van der Waals surface area contributed by atoms with E-state index in [1.165, 1.54) is 18.0 Å². The Morgan fingerprint density at radius 3 is 2.95 bits per heavy atom. The molecule has 1 amide bonds. The third-order valence-corrected chi connectivity index (χ3v) is 3.46. The zero-order valence-corrected chi connectivity index (χ0v) is 11.3. The molecule has 1 atom stereocenters. The van der Waals surface area contributed by atoms with Crippen LogP contribution in [0.5, 0.6) is 0 Å². The summed E-state index contributed by atoms with van der Waals surface area (Å²) in [5.41, 5.74) is 8.04. The molecule has 2 aromatic rings. The number of fused-ring (bicyclic) bond motifs is 1. The Morgan fingerprint density at radius 1 is 1.35 bits per heavy atom. The second-order valence-corrected chi connectivity index (χ2v) is 5.18. The summed E-state index contributed by atoms with van der Waals surface area (Å²) in [6.07, 6.45) is 3.88. The lowest BCUT2D eigenvalue weighted by molar-refractivity contribution is 0.0976. The molecule has 0 bridgehead atoms. The highest BCUT2D eigenvalue weighted by Gasteiger charge is 2.27. The molecule has 0 saturated heterocycles. The molecule has 0 fully saturated rings. The summed E-state index contributed by atoms with van der Waals surface area (Å²) < 4.78 is 0. The lowest BCUT2D eigenvalue weighted by Crippen LogP contribution is -2.39. The molecule has 0 spiro atoms. The molecule has 2 N–H and O–H groups in total. The second kappa shape index (κ2) is 4.92. The van der Waals surface area contributed by atoms with E-state index in [2.05, 4.69) is 23.0 Å². The van der Waals surface area contributed by atoms with Crippen molar-refractivity contribution in [1.29, 1.82) is 0 Å². The highest BCUT2D eigenvalue weighted by molar-refractivity contribution is 6.05. The zero-order valence-electron chi connectivity index (χ0n) is 11.3. The number of hydrogen-bond donors (Lipinski definition) is 1. The van der Waals surface area contributed by atoms with Gasteiger partial charge in [0, 0.05) is 12.2 Å². The number of rotatable bonds is 1. The first-order chi connectivity index (χ1) is 9.65. The lowest BCUT2D eigenvalue weighted by atomic mass is 9.94. The predicted octanol–water partition coefficient (Wildman–Crippen LogP) is 1.90. The molecule has 0 saturated carbocycles. The van der Waals surface area contributed by atoms with E-state index in [0.29, 0.717) is 12.5 Å². The van der Waals surface area contributed by atoms with Gasteiger partial charge in [-0.3, -0.25) is 9.78 Å². The van der Waals surface area contributed by atoms with E-state index >= 15 is 0 Å². The molecule has 0 radical (unpaired) electrons. The third kappa shape index (κ3) is 2.22. The number of nitrogens with two attached hydrogens (primary N) is 1. The van der Waals surface area contributed by atoms with Gasteiger partial charge in [-0.2, -0.15) is 0 Å². The molecule has 1 unspecified atom stereocenters. The average molecular weight is 268 g/mol. The number of nitrogen functional groups attached to an aromatic ring is 1. The maximum Gasteiger partial charge on any atom is 0.278 e. The zero-order chi connectivity index (χ0) is 14.1. The van der Waals surface area contributed by atoms with Gasteiger partial charge < -0.3 is 10.6 Å². The van der Waals surface area contributed by atoms with Gasteiger partial charge in [-0.15, -0.1) is 0 Å². The Kier molecular flexibility index (Phi) is 3.10. The Labute approximate surface area is 117 Å². The maximum absolute atomic E-state index is 12.6. The Morgan fingerprint density at radius 2 is 2.15 bits per heavy atom. The Hall–Kier alpha value is -2.43. The van der Waals surface area contributed by atoms with Gasteiger partial charge in [-0.1, -0.05) is 25.1 Å². The number of carbonyl (C=O) groups is 1. The van der Waals surface area contributed by atoms with Crippen LogP contribution >= 0.6 is 0 Å². The number of para-hydroxylation sites is 1. The fourth-order valence-corrected chi connectivity index (χ4v) is 2.61. The van der Waals surface area contributed by atoms with E-state index < -0.39 is 0 Å². The number of hydrogen-bond acceptors (Lipinski definition) is 4. The van der Waals surface area contributed by atoms with Gasteiger partial charge in [-0.25, -0.2) is 4.98 Å². The Balaban J connectivity index is 2.00. The fraction of sp³-hybridized carbons (Fsp3) is 0.267. The lowest BCUT2D eigenvalue weighted by Gasteiger charge is -2.32. The number of anilines is 2. The molecule has 3 rings (SSSR count). The van der Waals surface area contributed by atoms with Crippen molar-refractivity contribution in [3.63, 3.8) is 0 Å². The maximum atomic E-state index is 12.6. The third-order valence-electron chi connectivity index (χ3n) is 3.46. The normalized spacial score (nSPS) is 17.6. The van der Waals surface area contributed by atoms with Crippen LogP contribution in [-0.4, -0.2) is 22.4 Å². The van der Waals surface area contributed by atoms with Crippen molar-refractivity contribution in [2.45, 2.75) is 13.3 Å². The SMILES string of the molecule is CC1Cc2ccccc2N(C(=O)c2cncc(N)n2)C1. The minimum absolute atomic E-state index is 0.149. The van der Waals surface area contributed by atoms with Crippen LogP contribution in [0.3, 0.4) is 0 Å². The van der Waals surface area contributed by atoms with Crippen molar-refractivity contribution < 1.29 is 4.79 Å². The minimum atomic E-state index is -0.149. The van der Waals surface area contributed by atoms with Crippen molar-refractivity contribution in [2.24, 2.45) is 5.92 Å². The van der Waals surface area contributed by atoms with Gasteiger partial charge in [0.2, 0.25) is 0 Å². The average Bonchev–Trinajstić information content (AvgIpc) is 2.45. The van der Waals surface area contributed by atoms with E-state index in [0.717, 1.165) is 12.1 Å². The van der Waals surface area contributed by atoms with Crippen LogP contribution in [0.15, 0.2) is 36.7 Å². The number of amides is 1. The number of benzene rings is 1. The summed E-state index contributed by atoms with van der Waals surface area (Å²) in [6.45, 7) is 2.83.